The van der Waals surface area contributed by atoms with Crippen LogP contribution in [-0.4, -0.2) is 4.98 Å². The van der Waals surface area contributed by atoms with Gasteiger partial charge in [0.2, 0.25) is 0 Å². The average Bonchev–Trinajstić information content (AvgIpc) is 2.20. The summed E-state index contributed by atoms with van der Waals surface area (Å²) in [5.74, 6) is 0. The van der Waals surface area contributed by atoms with Crippen LogP contribution in [0.3, 0.4) is 0 Å². The first-order valence-corrected chi connectivity index (χ1v) is 4.15. The molecule has 0 bridgehead atoms. The SMILES string of the molecule is Cc1cc(C(F)F)c(C#N)nc1CC#N. The Kier molecular flexibility index (Phi) is 3.30. The number of hydrogen-bond donors (Lipinski definition) is 0. The lowest BCUT2D eigenvalue weighted by molar-refractivity contribution is 0.150. The summed E-state index contributed by atoms with van der Waals surface area (Å²) in [6.07, 6.45) is -2.70. The molecule has 0 radical (unpaired) electrons. The monoisotopic (exact) mass is 207 g/mol. The highest BCUT2D eigenvalue weighted by atomic mass is 19.3. The minimum atomic E-state index is -2.72. The van der Waals surface area contributed by atoms with Gasteiger partial charge in [0, 0.05) is 0 Å². The molecule has 76 valence electrons. The average molecular weight is 207 g/mol. The molecule has 0 aliphatic rings. The van der Waals surface area contributed by atoms with E-state index in [4.69, 9.17) is 10.5 Å². The first-order valence-electron chi connectivity index (χ1n) is 4.15. The van der Waals surface area contributed by atoms with Crippen molar-refractivity contribution in [1.82, 2.24) is 4.98 Å². The quantitative estimate of drug-likeness (QED) is 0.747. The maximum Gasteiger partial charge on any atom is 0.266 e. The summed E-state index contributed by atoms with van der Waals surface area (Å²) in [6, 6.07) is 4.68. The van der Waals surface area contributed by atoms with Crippen LogP contribution in [0.1, 0.15) is 28.9 Å². The maximum absolute atomic E-state index is 12.5. The van der Waals surface area contributed by atoms with Gasteiger partial charge in [-0.2, -0.15) is 10.5 Å². The first kappa shape index (κ1) is 11.1. The fraction of sp³-hybridized carbons (Fsp3) is 0.300. The van der Waals surface area contributed by atoms with E-state index in [2.05, 4.69) is 4.98 Å². The molecule has 0 fully saturated rings. The summed E-state index contributed by atoms with van der Waals surface area (Å²) in [4.78, 5) is 3.74. The van der Waals surface area contributed by atoms with Crippen molar-refractivity contribution < 1.29 is 8.78 Å². The standard InChI is InChI=1S/C10H7F2N3/c1-6-4-7(10(11)12)9(5-14)15-8(6)2-3-13/h4,10H,2H2,1H3. The molecule has 0 atom stereocenters. The Balaban J connectivity index is 3.32. The lowest BCUT2D eigenvalue weighted by Crippen LogP contribution is -2.01. The minimum Gasteiger partial charge on any atom is -0.240 e. The second-order valence-corrected chi connectivity index (χ2v) is 2.94. The highest BCUT2D eigenvalue weighted by Crippen LogP contribution is 2.23. The van der Waals surface area contributed by atoms with Crippen molar-refractivity contribution in [3.8, 4) is 12.1 Å². The second kappa shape index (κ2) is 4.47. The van der Waals surface area contributed by atoms with Gasteiger partial charge in [-0.1, -0.05) is 0 Å². The third kappa shape index (κ3) is 2.26. The molecule has 0 unspecified atom stereocenters. The summed E-state index contributed by atoms with van der Waals surface area (Å²) in [5.41, 5.74) is 0.196. The summed E-state index contributed by atoms with van der Waals surface area (Å²) in [5, 5.41) is 17.1. The van der Waals surface area contributed by atoms with E-state index in [1.54, 1.807) is 13.0 Å². The molecule has 0 aliphatic carbocycles. The second-order valence-electron chi connectivity index (χ2n) is 2.94. The van der Waals surface area contributed by atoms with Crippen LogP contribution in [0.4, 0.5) is 8.78 Å². The Labute approximate surface area is 85.6 Å². The Morgan fingerprint density at radius 3 is 2.60 bits per heavy atom. The number of halogens is 2. The van der Waals surface area contributed by atoms with Crippen molar-refractivity contribution in [2.45, 2.75) is 19.8 Å². The van der Waals surface area contributed by atoms with Crippen molar-refractivity contribution in [3.63, 3.8) is 0 Å². The highest BCUT2D eigenvalue weighted by Gasteiger charge is 2.16. The van der Waals surface area contributed by atoms with Crippen molar-refractivity contribution in [1.29, 1.82) is 10.5 Å². The van der Waals surface area contributed by atoms with Gasteiger partial charge in [-0.3, -0.25) is 0 Å². The summed E-state index contributed by atoms with van der Waals surface area (Å²) >= 11 is 0. The molecule has 0 N–H and O–H groups in total. The van der Waals surface area contributed by atoms with Crippen molar-refractivity contribution in [2.24, 2.45) is 0 Å². The van der Waals surface area contributed by atoms with Gasteiger partial charge in [0.25, 0.3) is 6.43 Å². The molecule has 1 heterocycles. The van der Waals surface area contributed by atoms with Gasteiger partial charge < -0.3 is 0 Å². The highest BCUT2D eigenvalue weighted by molar-refractivity contribution is 5.38. The lowest BCUT2D eigenvalue weighted by atomic mass is 10.1. The lowest BCUT2D eigenvalue weighted by Gasteiger charge is -2.06. The molecule has 0 aromatic carbocycles. The van der Waals surface area contributed by atoms with Crippen LogP contribution < -0.4 is 0 Å². The molecular formula is C10H7F2N3. The molecular weight excluding hydrogens is 200 g/mol. The van der Waals surface area contributed by atoms with E-state index >= 15 is 0 Å². The van der Waals surface area contributed by atoms with E-state index in [9.17, 15) is 8.78 Å². The van der Waals surface area contributed by atoms with E-state index in [0.29, 0.717) is 11.3 Å². The van der Waals surface area contributed by atoms with Gasteiger partial charge in [-0.25, -0.2) is 13.8 Å². The molecule has 0 saturated carbocycles. The zero-order valence-corrected chi connectivity index (χ0v) is 7.96. The van der Waals surface area contributed by atoms with E-state index in [1.165, 1.54) is 6.07 Å². The molecule has 0 aliphatic heterocycles. The van der Waals surface area contributed by atoms with Crippen LogP contribution in [0.5, 0.6) is 0 Å². The number of rotatable bonds is 2. The maximum atomic E-state index is 12.5. The summed E-state index contributed by atoms with van der Waals surface area (Å²) in [7, 11) is 0. The van der Waals surface area contributed by atoms with E-state index < -0.39 is 6.43 Å². The van der Waals surface area contributed by atoms with Crippen LogP contribution in [0.25, 0.3) is 0 Å². The van der Waals surface area contributed by atoms with Crippen molar-refractivity contribution >= 4 is 0 Å². The normalized spacial score (nSPS) is 9.73. The van der Waals surface area contributed by atoms with E-state index in [0.717, 1.165) is 0 Å². The molecule has 15 heavy (non-hydrogen) atoms. The van der Waals surface area contributed by atoms with E-state index in [-0.39, 0.29) is 17.7 Å². The van der Waals surface area contributed by atoms with Crippen LogP contribution in [0.15, 0.2) is 6.07 Å². The summed E-state index contributed by atoms with van der Waals surface area (Å²) in [6.45, 7) is 1.59. The number of pyridine rings is 1. The molecule has 1 aromatic rings. The molecule has 1 rings (SSSR count). The van der Waals surface area contributed by atoms with Crippen LogP contribution >= 0.6 is 0 Å². The van der Waals surface area contributed by atoms with Gasteiger partial charge in [0.15, 0.2) is 0 Å². The van der Waals surface area contributed by atoms with Crippen molar-refractivity contribution in [2.75, 3.05) is 0 Å². The number of aryl methyl sites for hydroxylation is 1. The molecule has 3 nitrogen and oxygen atoms in total. The van der Waals surface area contributed by atoms with Gasteiger partial charge in [0.05, 0.1) is 23.7 Å². The first-order chi connectivity index (χ1) is 7.10. The van der Waals surface area contributed by atoms with Crippen LogP contribution in [-0.2, 0) is 6.42 Å². The smallest absolute Gasteiger partial charge is 0.240 e. The molecule has 1 aromatic heterocycles. The topological polar surface area (TPSA) is 60.5 Å². The van der Waals surface area contributed by atoms with Crippen LogP contribution in [0, 0.1) is 29.6 Å². The number of aromatic nitrogens is 1. The third-order valence-electron chi connectivity index (χ3n) is 1.93. The zero-order chi connectivity index (χ0) is 11.4. The molecule has 0 saturated heterocycles. The number of alkyl halides is 2. The predicted octanol–water partition coefficient (Wildman–Crippen LogP) is 2.27. The number of hydrogen-bond acceptors (Lipinski definition) is 3. The molecule has 0 spiro atoms. The van der Waals surface area contributed by atoms with Gasteiger partial charge in [0.1, 0.15) is 11.8 Å². The predicted molar refractivity (Wildman–Crippen MR) is 48.0 cm³/mol. The Bertz CT molecular complexity index is 455. The zero-order valence-electron chi connectivity index (χ0n) is 7.96. The largest absolute Gasteiger partial charge is 0.266 e. The van der Waals surface area contributed by atoms with Gasteiger partial charge in [-0.05, 0) is 18.6 Å². The Morgan fingerprint density at radius 1 is 1.47 bits per heavy atom. The third-order valence-corrected chi connectivity index (χ3v) is 1.93. The fourth-order valence-corrected chi connectivity index (χ4v) is 1.18. The number of nitrogens with zero attached hydrogens (tertiary/aromatic N) is 3. The van der Waals surface area contributed by atoms with Gasteiger partial charge in [-0.15, -0.1) is 0 Å². The number of nitriles is 2. The molecule has 5 heteroatoms. The van der Waals surface area contributed by atoms with Crippen molar-refractivity contribution in [3.05, 3.63) is 28.6 Å². The Hall–Kier alpha value is -2.01. The van der Waals surface area contributed by atoms with Gasteiger partial charge >= 0.3 is 0 Å². The minimum absolute atomic E-state index is 0.0179. The Morgan fingerprint density at radius 2 is 2.13 bits per heavy atom. The molecule has 0 amide bonds. The fourth-order valence-electron chi connectivity index (χ4n) is 1.18. The summed E-state index contributed by atoms with van der Waals surface area (Å²) < 4.78 is 24.9. The van der Waals surface area contributed by atoms with Crippen LogP contribution in [0.2, 0.25) is 0 Å². The van der Waals surface area contributed by atoms with E-state index in [1.807, 2.05) is 6.07 Å².